The summed E-state index contributed by atoms with van der Waals surface area (Å²) in [6.45, 7) is 0. The molecule has 3 atom stereocenters. The lowest BCUT2D eigenvalue weighted by atomic mass is 9.96. The van der Waals surface area contributed by atoms with Gasteiger partial charge in [-0.15, -0.1) is 11.3 Å². The first kappa shape index (κ1) is 18.4. The Morgan fingerprint density at radius 1 is 1.30 bits per heavy atom. The van der Waals surface area contributed by atoms with Crippen LogP contribution in [0.25, 0.3) is 32.4 Å². The van der Waals surface area contributed by atoms with Gasteiger partial charge >= 0.3 is 0 Å². The number of rotatable bonds is 3. The maximum atomic E-state index is 13.5. The van der Waals surface area contributed by atoms with Crippen molar-refractivity contribution >= 4 is 50.1 Å². The minimum atomic E-state index is -0.0565. The number of likely N-dealkylation sites (N-methyl/N-ethyl adjacent to an activating group) is 1. The van der Waals surface area contributed by atoms with Gasteiger partial charge < -0.3 is 15.2 Å². The number of benzene rings is 1. The SMILES string of the molecule is CN[C@@H]1C[C@@H]2CC[C@H]1N2c1nc2[nH]cc(-c3ccc4ncsc4c3Cl)c2c(=O)n1C. The highest BCUT2D eigenvalue weighted by molar-refractivity contribution is 7.17. The molecule has 154 valence electrons. The number of halogens is 1. The third-order valence-corrected chi connectivity index (χ3v) is 8.12. The topological polar surface area (TPSA) is 78.8 Å². The Bertz CT molecular complexity index is 1360. The lowest BCUT2D eigenvalue weighted by Crippen LogP contribution is -2.41. The van der Waals surface area contributed by atoms with Crippen molar-refractivity contribution in [2.45, 2.75) is 37.4 Å². The van der Waals surface area contributed by atoms with Crippen molar-refractivity contribution in [2.75, 3.05) is 11.9 Å². The quantitative estimate of drug-likeness (QED) is 0.509. The Labute approximate surface area is 181 Å². The van der Waals surface area contributed by atoms with Crippen LogP contribution in [0.4, 0.5) is 5.95 Å². The summed E-state index contributed by atoms with van der Waals surface area (Å²) < 4.78 is 2.62. The van der Waals surface area contributed by atoms with Crippen LogP contribution in [0.2, 0.25) is 5.02 Å². The highest BCUT2D eigenvalue weighted by Crippen LogP contribution is 2.41. The molecule has 0 radical (unpaired) electrons. The highest BCUT2D eigenvalue weighted by atomic mass is 35.5. The summed E-state index contributed by atoms with van der Waals surface area (Å²) in [4.78, 5) is 28.3. The van der Waals surface area contributed by atoms with Crippen molar-refractivity contribution in [3.8, 4) is 11.1 Å². The van der Waals surface area contributed by atoms with Gasteiger partial charge in [0.25, 0.3) is 5.56 Å². The van der Waals surface area contributed by atoms with Crippen LogP contribution < -0.4 is 15.8 Å². The molecule has 2 bridgehead atoms. The smallest absolute Gasteiger partial charge is 0.264 e. The fourth-order valence-corrected chi connectivity index (χ4v) is 6.43. The van der Waals surface area contributed by atoms with Crippen molar-refractivity contribution < 1.29 is 0 Å². The predicted octanol–water partition coefficient (Wildman–Crippen LogP) is 3.52. The molecule has 1 aromatic carbocycles. The summed E-state index contributed by atoms with van der Waals surface area (Å²) in [6.07, 6.45) is 5.21. The van der Waals surface area contributed by atoms with Crippen LogP contribution >= 0.6 is 22.9 Å². The molecule has 5 heterocycles. The number of hydrogen-bond acceptors (Lipinski definition) is 6. The molecule has 4 aromatic rings. The minimum Gasteiger partial charge on any atom is -0.345 e. The predicted molar refractivity (Wildman–Crippen MR) is 122 cm³/mol. The summed E-state index contributed by atoms with van der Waals surface area (Å²) in [6, 6.07) is 5.13. The second-order valence-electron chi connectivity index (χ2n) is 8.17. The second kappa shape index (κ2) is 6.54. The van der Waals surface area contributed by atoms with Crippen molar-refractivity contribution in [1.82, 2.24) is 24.8 Å². The highest BCUT2D eigenvalue weighted by Gasteiger charge is 2.47. The number of thiazole rings is 1. The molecule has 2 aliphatic rings. The van der Waals surface area contributed by atoms with Crippen molar-refractivity contribution in [2.24, 2.45) is 7.05 Å². The number of H-pyrrole nitrogens is 1. The maximum Gasteiger partial charge on any atom is 0.264 e. The Balaban J connectivity index is 1.53. The molecule has 0 amide bonds. The lowest BCUT2D eigenvalue weighted by Gasteiger charge is -2.26. The molecule has 7 nitrogen and oxygen atoms in total. The van der Waals surface area contributed by atoms with Gasteiger partial charge in [0.05, 0.1) is 26.1 Å². The van der Waals surface area contributed by atoms with E-state index in [0.29, 0.717) is 34.2 Å². The van der Waals surface area contributed by atoms with E-state index in [1.54, 1.807) is 10.1 Å². The molecule has 3 aromatic heterocycles. The Hall–Kier alpha value is -2.42. The first-order valence-corrected chi connectivity index (χ1v) is 11.4. The van der Waals surface area contributed by atoms with Crippen LogP contribution in [0, 0.1) is 0 Å². The van der Waals surface area contributed by atoms with Gasteiger partial charge in [-0.2, -0.15) is 4.98 Å². The third kappa shape index (κ3) is 2.38. The normalized spacial score (nSPS) is 23.3. The van der Waals surface area contributed by atoms with E-state index in [2.05, 4.69) is 20.2 Å². The molecule has 9 heteroatoms. The van der Waals surface area contributed by atoms with E-state index in [-0.39, 0.29) is 5.56 Å². The zero-order valence-electron chi connectivity index (χ0n) is 16.6. The van der Waals surface area contributed by atoms with Gasteiger partial charge in [0.15, 0.2) is 0 Å². The fourth-order valence-electron chi connectivity index (χ4n) is 5.31. The van der Waals surface area contributed by atoms with Gasteiger partial charge in [-0.25, -0.2) is 4.98 Å². The van der Waals surface area contributed by atoms with Gasteiger partial charge in [-0.05, 0) is 32.4 Å². The largest absolute Gasteiger partial charge is 0.345 e. The van der Waals surface area contributed by atoms with E-state index in [9.17, 15) is 4.79 Å². The summed E-state index contributed by atoms with van der Waals surface area (Å²) >= 11 is 8.19. The molecule has 0 saturated carbocycles. The molecular formula is C21H21ClN6OS. The molecule has 0 spiro atoms. The number of aromatic amines is 1. The molecule has 30 heavy (non-hydrogen) atoms. The molecule has 6 rings (SSSR count). The van der Waals surface area contributed by atoms with Crippen molar-refractivity contribution in [3.63, 3.8) is 0 Å². The average molecular weight is 441 g/mol. The number of hydrogen-bond donors (Lipinski definition) is 2. The van der Waals surface area contributed by atoms with Crippen LogP contribution in [-0.2, 0) is 7.05 Å². The number of fused-ring (bicyclic) bond motifs is 4. The van der Waals surface area contributed by atoms with Crippen LogP contribution in [0.5, 0.6) is 0 Å². The van der Waals surface area contributed by atoms with Crippen molar-refractivity contribution in [1.29, 1.82) is 0 Å². The number of nitrogens with one attached hydrogen (secondary N) is 2. The molecule has 2 fully saturated rings. The Morgan fingerprint density at radius 3 is 2.97 bits per heavy atom. The number of nitrogens with zero attached hydrogens (tertiary/aromatic N) is 4. The van der Waals surface area contributed by atoms with Gasteiger partial charge in [0.1, 0.15) is 5.65 Å². The van der Waals surface area contributed by atoms with E-state index in [1.165, 1.54) is 11.3 Å². The van der Waals surface area contributed by atoms with Gasteiger partial charge in [0.2, 0.25) is 5.95 Å². The number of anilines is 1. The fraction of sp³-hybridized carbons (Fsp3) is 0.381. The van der Waals surface area contributed by atoms with Crippen LogP contribution in [-0.4, -0.2) is 44.7 Å². The van der Waals surface area contributed by atoms with E-state index in [1.807, 2.05) is 32.4 Å². The monoisotopic (exact) mass is 440 g/mol. The average Bonchev–Trinajstić information content (AvgIpc) is 3.52. The summed E-state index contributed by atoms with van der Waals surface area (Å²) in [7, 11) is 3.83. The molecule has 0 unspecified atom stereocenters. The van der Waals surface area contributed by atoms with Gasteiger partial charge in [-0.3, -0.25) is 9.36 Å². The van der Waals surface area contributed by atoms with Crippen molar-refractivity contribution in [3.05, 3.63) is 39.2 Å². The van der Waals surface area contributed by atoms with E-state index in [4.69, 9.17) is 16.6 Å². The first-order valence-electron chi connectivity index (χ1n) is 10.1. The third-order valence-electron chi connectivity index (χ3n) is 6.76. The minimum absolute atomic E-state index is 0.0565. The van der Waals surface area contributed by atoms with Gasteiger partial charge in [-0.1, -0.05) is 17.7 Å². The van der Waals surface area contributed by atoms with E-state index >= 15 is 0 Å². The Kier molecular flexibility index (Phi) is 4.00. The van der Waals surface area contributed by atoms with E-state index < -0.39 is 0 Å². The zero-order chi connectivity index (χ0) is 20.6. The number of aromatic nitrogens is 4. The molecule has 2 saturated heterocycles. The zero-order valence-corrected chi connectivity index (χ0v) is 18.2. The Morgan fingerprint density at radius 2 is 2.17 bits per heavy atom. The molecule has 2 aliphatic heterocycles. The van der Waals surface area contributed by atoms with Crippen LogP contribution in [0.15, 0.2) is 28.6 Å². The molecule has 0 aliphatic carbocycles. The van der Waals surface area contributed by atoms with E-state index in [0.717, 1.165) is 46.6 Å². The summed E-state index contributed by atoms with van der Waals surface area (Å²) in [5, 5.41) is 4.62. The molecule has 2 N–H and O–H groups in total. The second-order valence-corrected chi connectivity index (χ2v) is 9.40. The first-order chi connectivity index (χ1) is 14.6. The van der Waals surface area contributed by atoms with Crippen LogP contribution in [0.1, 0.15) is 19.3 Å². The molecular weight excluding hydrogens is 420 g/mol. The summed E-state index contributed by atoms with van der Waals surface area (Å²) in [5.74, 6) is 0.746. The standard InChI is InChI=1S/C21H21ClN6OS/c1-23-14-7-10-3-6-15(14)28(10)21-26-19-16(20(29)27(21)2)12(8-24-19)11-4-5-13-18(17(11)22)30-9-25-13/h4-5,8-10,14-15,23-24H,3,6-7H2,1-2H3/t10-,14+,15+/m0/s1. The summed E-state index contributed by atoms with van der Waals surface area (Å²) in [5.41, 5.74) is 4.80. The maximum absolute atomic E-state index is 13.5. The van der Waals surface area contributed by atoms with Gasteiger partial charge in [0, 0.05) is 42.5 Å². The lowest BCUT2D eigenvalue weighted by molar-refractivity contribution is 0.445. The van der Waals surface area contributed by atoms with Crippen LogP contribution in [0.3, 0.4) is 0 Å².